The molecule has 0 unspecified atom stereocenters. The molecule has 2 N–H and O–H groups in total. The summed E-state index contributed by atoms with van der Waals surface area (Å²) in [5.41, 5.74) is 6.89. The molecule has 7 heteroatoms. The van der Waals surface area contributed by atoms with Crippen LogP contribution in [0.1, 0.15) is 27.7 Å². The molecule has 1 aliphatic heterocycles. The molecule has 0 atom stereocenters. The maximum absolute atomic E-state index is 6.07. The fourth-order valence-electron chi connectivity index (χ4n) is 2.15. The first-order chi connectivity index (χ1) is 9.78. The summed E-state index contributed by atoms with van der Waals surface area (Å²) < 4.78 is 12.1. The number of nitrogens with zero attached hydrogens (tertiary/aromatic N) is 2. The Labute approximate surface area is 128 Å². The van der Waals surface area contributed by atoms with Crippen molar-refractivity contribution in [2.45, 2.75) is 38.9 Å². The normalized spacial score (nSPS) is 19.9. The Morgan fingerprint density at radius 2 is 1.76 bits per heavy atom. The first-order valence-corrected chi connectivity index (χ1v) is 7.65. The monoisotopic (exact) mass is 303 g/mol. The molecular weight excluding hydrogens is 285 g/mol. The first kappa shape index (κ1) is 14.5. The molecule has 2 aromatic rings. The average molecular weight is 303 g/mol. The highest BCUT2D eigenvalue weighted by Crippen LogP contribution is 2.36. The number of nitrogen functional groups attached to an aromatic ring is 1. The van der Waals surface area contributed by atoms with Gasteiger partial charge < -0.3 is 15.0 Å². The first-order valence-electron chi connectivity index (χ1n) is 6.83. The smallest absolute Gasteiger partial charge is 0.399 e. The highest BCUT2D eigenvalue weighted by Gasteiger charge is 2.51. The Bertz CT molecular complexity index is 656. The van der Waals surface area contributed by atoms with E-state index >= 15 is 0 Å². The summed E-state index contributed by atoms with van der Waals surface area (Å²) in [5.74, 6) is 0. The molecule has 21 heavy (non-hydrogen) atoms. The molecule has 1 aromatic heterocycles. The largest absolute Gasteiger partial charge is 0.494 e. The van der Waals surface area contributed by atoms with Gasteiger partial charge in [-0.2, -0.15) is 0 Å². The predicted octanol–water partition coefficient (Wildman–Crippen LogP) is 2.09. The minimum Gasteiger partial charge on any atom is -0.399 e. The van der Waals surface area contributed by atoms with Gasteiger partial charge in [0.15, 0.2) is 0 Å². The molecule has 0 spiro atoms. The molecule has 3 rings (SSSR count). The van der Waals surface area contributed by atoms with Gasteiger partial charge >= 0.3 is 7.12 Å². The summed E-state index contributed by atoms with van der Waals surface area (Å²) >= 11 is 1.37. The second-order valence-electron chi connectivity index (χ2n) is 6.16. The standard InChI is InChI=1S/C14H18BN3O2S/c1-13(2)14(3,4)20-15(19-13)10-7-5-6-9(8-10)11-17-18-12(16)21-11/h5-8H,1-4H3,(H2,16,18). The summed E-state index contributed by atoms with van der Waals surface area (Å²) in [5, 5.41) is 9.18. The molecule has 0 saturated carbocycles. The van der Waals surface area contributed by atoms with Gasteiger partial charge in [-0.3, -0.25) is 0 Å². The number of nitrogens with two attached hydrogens (primary N) is 1. The van der Waals surface area contributed by atoms with E-state index in [0.29, 0.717) is 5.13 Å². The van der Waals surface area contributed by atoms with Crippen molar-refractivity contribution in [1.29, 1.82) is 0 Å². The second-order valence-corrected chi connectivity index (χ2v) is 7.17. The molecule has 0 bridgehead atoms. The second kappa shape index (κ2) is 4.79. The minimum atomic E-state index is -0.375. The number of aromatic nitrogens is 2. The molecule has 0 radical (unpaired) electrons. The van der Waals surface area contributed by atoms with E-state index < -0.39 is 0 Å². The van der Waals surface area contributed by atoms with Crippen LogP contribution in [0.5, 0.6) is 0 Å². The average Bonchev–Trinajstić information content (AvgIpc) is 2.92. The molecule has 1 aliphatic rings. The lowest BCUT2D eigenvalue weighted by Gasteiger charge is -2.32. The molecule has 0 amide bonds. The van der Waals surface area contributed by atoms with Gasteiger partial charge in [0.2, 0.25) is 5.13 Å². The van der Waals surface area contributed by atoms with Gasteiger partial charge in [-0.15, -0.1) is 10.2 Å². The van der Waals surface area contributed by atoms with Gasteiger partial charge in [-0.25, -0.2) is 0 Å². The third-order valence-corrected chi connectivity index (χ3v) is 4.90. The molecular formula is C14H18BN3O2S. The topological polar surface area (TPSA) is 70.3 Å². The summed E-state index contributed by atoms with van der Waals surface area (Å²) in [6.45, 7) is 8.18. The van der Waals surface area contributed by atoms with Crippen LogP contribution in [0.2, 0.25) is 0 Å². The van der Waals surface area contributed by atoms with Crippen molar-refractivity contribution in [3.05, 3.63) is 24.3 Å². The van der Waals surface area contributed by atoms with Gasteiger partial charge in [-0.1, -0.05) is 35.6 Å². The summed E-state index contributed by atoms with van der Waals surface area (Å²) in [7, 11) is -0.375. The maximum atomic E-state index is 6.07. The minimum absolute atomic E-state index is 0.346. The van der Waals surface area contributed by atoms with Crippen molar-refractivity contribution >= 4 is 29.0 Å². The van der Waals surface area contributed by atoms with E-state index in [2.05, 4.69) is 10.2 Å². The van der Waals surface area contributed by atoms with Crippen LogP contribution >= 0.6 is 11.3 Å². The van der Waals surface area contributed by atoms with Gasteiger partial charge in [0.1, 0.15) is 5.01 Å². The van der Waals surface area contributed by atoms with Crippen molar-refractivity contribution in [3.8, 4) is 10.6 Å². The van der Waals surface area contributed by atoms with Crippen LogP contribution in [0.25, 0.3) is 10.6 Å². The van der Waals surface area contributed by atoms with Crippen LogP contribution in [0.3, 0.4) is 0 Å². The number of hydrogen-bond acceptors (Lipinski definition) is 6. The Morgan fingerprint density at radius 3 is 2.33 bits per heavy atom. The van der Waals surface area contributed by atoms with Crippen LogP contribution in [-0.2, 0) is 9.31 Å². The molecule has 1 aromatic carbocycles. The van der Waals surface area contributed by atoms with Crippen molar-refractivity contribution in [2.75, 3.05) is 5.73 Å². The lowest BCUT2D eigenvalue weighted by molar-refractivity contribution is 0.00578. The van der Waals surface area contributed by atoms with Gasteiger partial charge in [0.25, 0.3) is 0 Å². The predicted molar refractivity (Wildman–Crippen MR) is 85.5 cm³/mol. The van der Waals surface area contributed by atoms with Crippen molar-refractivity contribution in [1.82, 2.24) is 10.2 Å². The van der Waals surface area contributed by atoms with Gasteiger partial charge in [-0.05, 0) is 33.2 Å². The van der Waals surface area contributed by atoms with Crippen molar-refractivity contribution < 1.29 is 9.31 Å². The van der Waals surface area contributed by atoms with E-state index in [9.17, 15) is 0 Å². The van der Waals surface area contributed by atoms with Crippen molar-refractivity contribution in [3.63, 3.8) is 0 Å². The Balaban J connectivity index is 1.91. The zero-order valence-corrected chi connectivity index (χ0v) is 13.4. The van der Waals surface area contributed by atoms with Crippen LogP contribution < -0.4 is 11.2 Å². The molecule has 5 nitrogen and oxygen atoms in total. The number of rotatable bonds is 2. The lowest BCUT2D eigenvalue weighted by atomic mass is 9.78. The van der Waals surface area contributed by atoms with Gasteiger partial charge in [0, 0.05) is 5.56 Å². The van der Waals surface area contributed by atoms with Crippen LogP contribution in [0.4, 0.5) is 5.13 Å². The number of benzene rings is 1. The highest BCUT2D eigenvalue weighted by molar-refractivity contribution is 7.18. The SMILES string of the molecule is CC1(C)OB(c2cccc(-c3nnc(N)s3)c2)OC1(C)C. The third kappa shape index (κ3) is 2.56. The Hall–Kier alpha value is -1.44. The van der Waals surface area contributed by atoms with E-state index in [1.165, 1.54) is 11.3 Å². The van der Waals surface area contributed by atoms with E-state index in [1.54, 1.807) is 0 Å². The zero-order valence-electron chi connectivity index (χ0n) is 12.6. The van der Waals surface area contributed by atoms with Gasteiger partial charge in [0.05, 0.1) is 11.2 Å². The number of hydrogen-bond donors (Lipinski definition) is 1. The molecule has 1 saturated heterocycles. The van der Waals surface area contributed by atoms with E-state index in [4.69, 9.17) is 15.0 Å². The third-order valence-electron chi connectivity index (χ3n) is 4.10. The zero-order chi connectivity index (χ0) is 15.3. The quantitative estimate of drug-likeness (QED) is 0.860. The maximum Gasteiger partial charge on any atom is 0.494 e. The molecule has 1 fully saturated rings. The molecule has 2 heterocycles. The van der Waals surface area contributed by atoms with Crippen LogP contribution in [-0.4, -0.2) is 28.5 Å². The molecule has 110 valence electrons. The Morgan fingerprint density at radius 1 is 1.10 bits per heavy atom. The Kier molecular flexibility index (Phi) is 3.31. The fourth-order valence-corrected chi connectivity index (χ4v) is 2.75. The summed E-state index contributed by atoms with van der Waals surface area (Å²) in [6.07, 6.45) is 0. The highest BCUT2D eigenvalue weighted by atomic mass is 32.1. The number of anilines is 1. The van der Waals surface area contributed by atoms with E-state index in [-0.39, 0.29) is 18.3 Å². The van der Waals surface area contributed by atoms with Crippen molar-refractivity contribution in [2.24, 2.45) is 0 Å². The summed E-state index contributed by atoms with van der Waals surface area (Å²) in [4.78, 5) is 0. The van der Waals surface area contributed by atoms with E-state index in [0.717, 1.165) is 16.0 Å². The van der Waals surface area contributed by atoms with E-state index in [1.807, 2.05) is 52.0 Å². The van der Waals surface area contributed by atoms with Crippen LogP contribution in [0.15, 0.2) is 24.3 Å². The molecule has 0 aliphatic carbocycles. The van der Waals surface area contributed by atoms with Crippen LogP contribution in [0, 0.1) is 0 Å². The summed E-state index contributed by atoms with van der Waals surface area (Å²) in [6, 6.07) is 7.96. The fraction of sp³-hybridized carbons (Fsp3) is 0.429. The lowest BCUT2D eigenvalue weighted by Crippen LogP contribution is -2.41.